The van der Waals surface area contributed by atoms with Gasteiger partial charge in [0.1, 0.15) is 0 Å². The van der Waals surface area contributed by atoms with E-state index < -0.39 is 0 Å². The summed E-state index contributed by atoms with van der Waals surface area (Å²) in [4.78, 5) is 0. The molecule has 0 nitrogen and oxygen atoms in total. The van der Waals surface area contributed by atoms with Crippen LogP contribution in [0.1, 0.15) is 50.7 Å². The molecule has 0 amide bonds. The summed E-state index contributed by atoms with van der Waals surface area (Å²) >= 11 is 0. The Bertz CT molecular complexity index is 1190. The van der Waals surface area contributed by atoms with E-state index in [9.17, 15) is 0 Å². The standard InChI is InChI=1S/C16H13.C10H9.C6H14.CH3.2ClH.Si.Zr/c1-12-10-14-8-5-9-15(16(14)11-12)13-6-3-2-4-7-13;1-8-6-9-4-2-3-5-10(9)7-8;1-3-5-6-4-2;;;;;/h2-11H,1H3;2-7H,1H3;3-6H2,1-2H3;1H3;2*1H;;/q2*-1;;-1;;;;+3. The van der Waals surface area contributed by atoms with Crippen LogP contribution in [-0.4, -0.2) is 11.0 Å². The van der Waals surface area contributed by atoms with Gasteiger partial charge in [0.2, 0.25) is 0 Å². The molecule has 0 N–H and O–H groups in total. The number of fused-ring (bicyclic) bond motifs is 2. The zero-order chi connectivity index (χ0) is 22.8. The fraction of sp³-hybridized carbons (Fsp3) is 0.242. The second-order valence-electron chi connectivity index (χ2n) is 8.58. The summed E-state index contributed by atoms with van der Waals surface area (Å²) in [7, 11) is 0. The van der Waals surface area contributed by atoms with Gasteiger partial charge in [-0.15, -0.1) is 100.0 Å². The van der Waals surface area contributed by atoms with Gasteiger partial charge >= 0.3 is 26.2 Å². The van der Waals surface area contributed by atoms with Crippen molar-refractivity contribution in [1.82, 2.24) is 0 Å². The number of rotatable bonds is 4. The van der Waals surface area contributed by atoms with E-state index in [2.05, 4.69) is 125 Å². The second-order valence-corrected chi connectivity index (χ2v) is 8.58. The third-order valence-electron chi connectivity index (χ3n) is 5.70. The maximum absolute atomic E-state index is 2.26. The summed E-state index contributed by atoms with van der Waals surface area (Å²) in [5.74, 6) is 0. The van der Waals surface area contributed by atoms with Crippen LogP contribution in [0.15, 0.2) is 97.1 Å². The third kappa shape index (κ3) is 12.3. The molecule has 5 aromatic rings. The third-order valence-corrected chi connectivity index (χ3v) is 5.70. The number of unbranched alkanes of at least 4 members (excludes halogenated alkanes) is 3. The van der Waals surface area contributed by atoms with Gasteiger partial charge in [0.05, 0.1) is 0 Å². The number of aryl methyl sites for hydroxylation is 2. The van der Waals surface area contributed by atoms with Gasteiger partial charge < -0.3 is 7.43 Å². The number of hydrogen-bond acceptors (Lipinski definition) is 0. The summed E-state index contributed by atoms with van der Waals surface area (Å²) in [6.45, 7) is 8.74. The first-order valence-corrected chi connectivity index (χ1v) is 12.0. The summed E-state index contributed by atoms with van der Waals surface area (Å²) in [5, 5.41) is 5.38. The summed E-state index contributed by atoms with van der Waals surface area (Å²) < 4.78 is 0. The Kier molecular flexibility index (Phi) is 23.3. The van der Waals surface area contributed by atoms with Gasteiger partial charge in [-0.25, -0.2) is 0 Å². The van der Waals surface area contributed by atoms with Crippen LogP contribution in [0.5, 0.6) is 0 Å². The second kappa shape index (κ2) is 21.5. The van der Waals surface area contributed by atoms with E-state index in [4.69, 9.17) is 0 Å². The van der Waals surface area contributed by atoms with Gasteiger partial charge in [0.25, 0.3) is 0 Å². The quantitative estimate of drug-likeness (QED) is 0.106. The molecular formula is C33H41Cl2SiZr. The Hall–Kier alpha value is -1.44. The summed E-state index contributed by atoms with van der Waals surface area (Å²) in [5.41, 5.74) is 5.30. The molecule has 37 heavy (non-hydrogen) atoms. The van der Waals surface area contributed by atoms with Gasteiger partial charge in [0, 0.05) is 11.0 Å². The minimum Gasteiger partial charge on any atom is -0.358 e. The molecule has 0 fully saturated rings. The van der Waals surface area contributed by atoms with Crippen molar-refractivity contribution < 1.29 is 26.2 Å². The number of benzene rings is 3. The van der Waals surface area contributed by atoms with Crippen molar-refractivity contribution in [3.8, 4) is 11.1 Å². The molecule has 0 spiro atoms. The maximum Gasteiger partial charge on any atom is 3.00 e. The van der Waals surface area contributed by atoms with Crippen LogP contribution in [0.25, 0.3) is 32.7 Å². The molecule has 0 saturated heterocycles. The average Bonchev–Trinajstić information content (AvgIpc) is 3.39. The Morgan fingerprint density at radius 1 is 0.622 bits per heavy atom. The van der Waals surface area contributed by atoms with Crippen LogP contribution in [0.3, 0.4) is 0 Å². The molecule has 0 aliphatic carbocycles. The first kappa shape index (κ1) is 40.1. The maximum atomic E-state index is 2.26. The van der Waals surface area contributed by atoms with E-state index in [1.54, 1.807) is 0 Å². The fourth-order valence-corrected chi connectivity index (χ4v) is 4.06. The molecule has 0 bridgehead atoms. The van der Waals surface area contributed by atoms with E-state index >= 15 is 0 Å². The van der Waals surface area contributed by atoms with E-state index in [1.807, 2.05) is 0 Å². The molecule has 195 valence electrons. The Balaban J connectivity index is -0.000000485. The van der Waals surface area contributed by atoms with Gasteiger partial charge in [0.15, 0.2) is 0 Å². The van der Waals surface area contributed by atoms with E-state index in [-0.39, 0.29) is 69.4 Å². The molecule has 4 heteroatoms. The van der Waals surface area contributed by atoms with Crippen LogP contribution >= 0.6 is 24.8 Å². The first-order valence-electron chi connectivity index (χ1n) is 12.0. The zero-order valence-corrected chi connectivity index (χ0v) is 28.0. The van der Waals surface area contributed by atoms with Crippen LogP contribution in [0, 0.1) is 21.3 Å². The van der Waals surface area contributed by atoms with Crippen LogP contribution in [0.2, 0.25) is 0 Å². The first-order chi connectivity index (χ1) is 15.6. The molecule has 0 aliphatic rings. The van der Waals surface area contributed by atoms with Gasteiger partial charge in [-0.05, 0) is 5.56 Å². The molecule has 0 heterocycles. The smallest absolute Gasteiger partial charge is 0.358 e. The van der Waals surface area contributed by atoms with Crippen molar-refractivity contribution in [2.75, 3.05) is 0 Å². The minimum absolute atomic E-state index is 0. The van der Waals surface area contributed by atoms with Crippen molar-refractivity contribution in [3.63, 3.8) is 0 Å². The van der Waals surface area contributed by atoms with Crippen molar-refractivity contribution >= 4 is 57.3 Å². The number of hydrogen-bond donors (Lipinski definition) is 0. The molecule has 5 rings (SSSR count). The molecule has 5 radical (unpaired) electrons. The molecule has 5 aromatic carbocycles. The predicted molar refractivity (Wildman–Crippen MR) is 170 cm³/mol. The largest absolute Gasteiger partial charge is 3.00 e. The van der Waals surface area contributed by atoms with Crippen LogP contribution in [-0.2, 0) is 26.2 Å². The van der Waals surface area contributed by atoms with Crippen LogP contribution < -0.4 is 0 Å². The minimum atomic E-state index is 0. The number of halogens is 2. The van der Waals surface area contributed by atoms with E-state index in [1.165, 1.54) is 69.5 Å². The van der Waals surface area contributed by atoms with Crippen molar-refractivity contribution in [3.05, 3.63) is 116 Å². The van der Waals surface area contributed by atoms with Crippen molar-refractivity contribution in [1.29, 1.82) is 0 Å². The van der Waals surface area contributed by atoms with Crippen molar-refractivity contribution in [2.24, 2.45) is 0 Å². The molecule has 0 unspecified atom stereocenters. The zero-order valence-electron chi connectivity index (χ0n) is 22.9. The summed E-state index contributed by atoms with van der Waals surface area (Å²) in [6.07, 6.45) is 5.54. The Morgan fingerprint density at radius 3 is 1.73 bits per heavy atom. The molecule has 0 saturated carbocycles. The monoisotopic (exact) mass is 625 g/mol. The van der Waals surface area contributed by atoms with E-state index in [0.717, 1.165) is 0 Å². The fourth-order valence-electron chi connectivity index (χ4n) is 4.06. The molecule has 0 atom stereocenters. The van der Waals surface area contributed by atoms with Crippen molar-refractivity contribution in [2.45, 2.75) is 53.4 Å². The predicted octanol–water partition coefficient (Wildman–Crippen LogP) is 10.9. The van der Waals surface area contributed by atoms with Gasteiger partial charge in [-0.2, -0.15) is 12.1 Å². The molecular weight excluding hydrogens is 587 g/mol. The average molecular weight is 628 g/mol. The molecule has 0 aliphatic heterocycles. The Labute approximate surface area is 262 Å². The molecule has 0 aromatic heterocycles. The Morgan fingerprint density at radius 2 is 1.14 bits per heavy atom. The van der Waals surface area contributed by atoms with Gasteiger partial charge in [-0.3, -0.25) is 0 Å². The van der Waals surface area contributed by atoms with Crippen LogP contribution in [0.4, 0.5) is 0 Å². The van der Waals surface area contributed by atoms with Gasteiger partial charge in [-0.1, -0.05) is 101 Å². The normalized spacial score (nSPS) is 8.97. The topological polar surface area (TPSA) is 0 Å². The van der Waals surface area contributed by atoms with E-state index in [0.29, 0.717) is 0 Å². The summed E-state index contributed by atoms with van der Waals surface area (Å²) in [6, 6.07) is 34.4. The SMILES string of the molecule is CCCCCC.Cc1cc2c(-c3ccccc3)cccc2[cH-]1.Cc1cc2ccccc2[cH-]1.Cl.Cl.[CH3-].[Si].[Zr+3].